The van der Waals surface area contributed by atoms with Gasteiger partial charge in [-0.05, 0) is 56.4 Å². The zero-order valence-corrected chi connectivity index (χ0v) is 16.3. The Bertz CT molecular complexity index is 910. The molecule has 1 aliphatic rings. The van der Waals surface area contributed by atoms with E-state index in [1.54, 1.807) is 6.92 Å². The van der Waals surface area contributed by atoms with E-state index in [0.29, 0.717) is 10.6 Å². The summed E-state index contributed by atoms with van der Waals surface area (Å²) in [5.74, 6) is -1.99. The summed E-state index contributed by atoms with van der Waals surface area (Å²) in [5.41, 5.74) is 1.51. The lowest BCUT2D eigenvalue weighted by Gasteiger charge is -2.12. The first-order chi connectivity index (χ1) is 13.5. The predicted molar refractivity (Wildman–Crippen MR) is 104 cm³/mol. The Morgan fingerprint density at radius 2 is 2.00 bits per heavy atom. The molecule has 1 aromatic heterocycles. The summed E-state index contributed by atoms with van der Waals surface area (Å²) in [4.78, 5) is 37.8. The molecule has 0 unspecified atom stereocenters. The van der Waals surface area contributed by atoms with E-state index in [-0.39, 0.29) is 18.7 Å². The minimum atomic E-state index is -0.550. The standard InChI is InChI=1S/C20H21FN2O4S/c1-2-27-20(26)17-14-8-3-4-9-15(14)28-19(17)23-16(24)11-22-18(25)12-6-5-7-13(21)10-12/h5-7,10H,2-4,8-9,11H2,1H3,(H,22,25)(H,23,24). The second-order valence-corrected chi connectivity index (χ2v) is 7.48. The molecule has 0 aliphatic heterocycles. The molecule has 1 heterocycles. The summed E-state index contributed by atoms with van der Waals surface area (Å²) in [6.07, 6.45) is 3.70. The lowest BCUT2D eigenvalue weighted by Crippen LogP contribution is -2.33. The topological polar surface area (TPSA) is 84.5 Å². The minimum Gasteiger partial charge on any atom is -0.462 e. The van der Waals surface area contributed by atoms with Crippen LogP contribution in [0, 0.1) is 5.82 Å². The van der Waals surface area contributed by atoms with Crippen molar-refractivity contribution in [2.45, 2.75) is 32.6 Å². The van der Waals surface area contributed by atoms with Crippen molar-refractivity contribution in [3.05, 3.63) is 51.7 Å². The van der Waals surface area contributed by atoms with Gasteiger partial charge in [-0.25, -0.2) is 9.18 Å². The third kappa shape index (κ3) is 4.56. The van der Waals surface area contributed by atoms with E-state index in [1.165, 1.54) is 29.5 Å². The predicted octanol–water partition coefficient (Wildman–Crippen LogP) is 3.31. The van der Waals surface area contributed by atoms with Crippen LogP contribution in [0.25, 0.3) is 0 Å². The van der Waals surface area contributed by atoms with E-state index in [9.17, 15) is 18.8 Å². The molecule has 2 aromatic rings. The van der Waals surface area contributed by atoms with E-state index in [4.69, 9.17) is 4.74 Å². The largest absolute Gasteiger partial charge is 0.462 e. The molecule has 0 bridgehead atoms. The highest BCUT2D eigenvalue weighted by Crippen LogP contribution is 2.38. The first-order valence-corrected chi connectivity index (χ1v) is 9.96. The Morgan fingerprint density at radius 3 is 2.75 bits per heavy atom. The van der Waals surface area contributed by atoms with Gasteiger partial charge in [0, 0.05) is 10.4 Å². The number of carbonyl (C=O) groups excluding carboxylic acids is 3. The van der Waals surface area contributed by atoms with E-state index in [0.717, 1.165) is 42.2 Å². The molecular weight excluding hydrogens is 383 g/mol. The average Bonchev–Trinajstić information content (AvgIpc) is 3.04. The molecule has 8 heteroatoms. The number of aryl methyl sites for hydroxylation is 1. The van der Waals surface area contributed by atoms with Crippen LogP contribution in [0.15, 0.2) is 24.3 Å². The number of fused-ring (bicyclic) bond motifs is 1. The fourth-order valence-corrected chi connectivity index (χ4v) is 4.43. The average molecular weight is 404 g/mol. The van der Waals surface area contributed by atoms with Gasteiger partial charge in [0.05, 0.1) is 18.7 Å². The van der Waals surface area contributed by atoms with Crippen molar-refractivity contribution in [1.29, 1.82) is 0 Å². The van der Waals surface area contributed by atoms with E-state index in [2.05, 4.69) is 10.6 Å². The number of nitrogens with one attached hydrogen (secondary N) is 2. The van der Waals surface area contributed by atoms with Gasteiger partial charge in [0.2, 0.25) is 5.91 Å². The van der Waals surface area contributed by atoms with E-state index < -0.39 is 23.6 Å². The first-order valence-electron chi connectivity index (χ1n) is 9.15. The summed E-state index contributed by atoms with van der Waals surface area (Å²) >= 11 is 1.38. The summed E-state index contributed by atoms with van der Waals surface area (Å²) in [6.45, 7) is 1.69. The maximum atomic E-state index is 13.2. The van der Waals surface area contributed by atoms with Crippen LogP contribution in [0.4, 0.5) is 9.39 Å². The summed E-state index contributed by atoms with van der Waals surface area (Å²) in [6, 6.07) is 5.22. The Labute approximate surface area is 166 Å². The highest BCUT2D eigenvalue weighted by atomic mass is 32.1. The summed E-state index contributed by atoms with van der Waals surface area (Å²) in [5, 5.41) is 5.62. The van der Waals surface area contributed by atoms with Crippen LogP contribution in [0.1, 0.15) is 50.9 Å². The molecule has 6 nitrogen and oxygen atoms in total. The fourth-order valence-electron chi connectivity index (χ4n) is 3.14. The normalized spacial score (nSPS) is 12.8. The smallest absolute Gasteiger partial charge is 0.341 e. The number of benzene rings is 1. The highest BCUT2D eigenvalue weighted by molar-refractivity contribution is 7.17. The van der Waals surface area contributed by atoms with Gasteiger partial charge < -0.3 is 15.4 Å². The second kappa shape index (κ2) is 8.97. The number of rotatable bonds is 6. The van der Waals surface area contributed by atoms with Gasteiger partial charge in [0.1, 0.15) is 10.8 Å². The van der Waals surface area contributed by atoms with Gasteiger partial charge in [-0.15, -0.1) is 11.3 Å². The molecule has 2 amide bonds. The van der Waals surface area contributed by atoms with Crippen molar-refractivity contribution in [3.8, 4) is 0 Å². The maximum absolute atomic E-state index is 13.2. The fraction of sp³-hybridized carbons (Fsp3) is 0.350. The number of esters is 1. The molecule has 148 valence electrons. The molecule has 0 atom stereocenters. The van der Waals surface area contributed by atoms with Crippen LogP contribution in [0.3, 0.4) is 0 Å². The molecular formula is C20H21FN2O4S. The zero-order chi connectivity index (χ0) is 20.1. The van der Waals surface area contributed by atoms with Gasteiger partial charge in [-0.1, -0.05) is 6.07 Å². The summed E-state index contributed by atoms with van der Waals surface area (Å²) < 4.78 is 18.4. The molecule has 0 saturated carbocycles. The Hall–Kier alpha value is -2.74. The number of halogens is 1. The van der Waals surface area contributed by atoms with Crippen LogP contribution < -0.4 is 10.6 Å². The van der Waals surface area contributed by atoms with Crippen molar-refractivity contribution >= 4 is 34.1 Å². The van der Waals surface area contributed by atoms with E-state index >= 15 is 0 Å². The number of hydrogen-bond donors (Lipinski definition) is 2. The first kappa shape index (κ1) is 20.0. The summed E-state index contributed by atoms with van der Waals surface area (Å²) in [7, 11) is 0. The SMILES string of the molecule is CCOC(=O)c1c(NC(=O)CNC(=O)c2cccc(F)c2)sc2c1CCCC2. The lowest BCUT2D eigenvalue weighted by molar-refractivity contribution is -0.115. The Kier molecular flexibility index (Phi) is 6.41. The number of hydrogen-bond acceptors (Lipinski definition) is 5. The van der Waals surface area contributed by atoms with Crippen LogP contribution in [-0.4, -0.2) is 30.9 Å². The Balaban J connectivity index is 1.69. The highest BCUT2D eigenvalue weighted by Gasteiger charge is 2.27. The molecule has 1 aromatic carbocycles. The van der Waals surface area contributed by atoms with Crippen molar-refractivity contribution in [2.75, 3.05) is 18.5 Å². The number of amides is 2. The molecule has 1 aliphatic carbocycles. The minimum absolute atomic E-state index is 0.131. The number of anilines is 1. The van der Waals surface area contributed by atoms with Gasteiger partial charge >= 0.3 is 5.97 Å². The van der Waals surface area contributed by atoms with Crippen LogP contribution in [0.2, 0.25) is 0 Å². The maximum Gasteiger partial charge on any atom is 0.341 e. The molecule has 3 rings (SSSR count). The quantitative estimate of drug-likeness (QED) is 0.724. The number of thiophene rings is 1. The molecule has 0 fully saturated rings. The van der Waals surface area contributed by atoms with Crippen molar-refractivity contribution in [2.24, 2.45) is 0 Å². The third-order valence-electron chi connectivity index (χ3n) is 4.40. The van der Waals surface area contributed by atoms with Gasteiger partial charge in [-0.2, -0.15) is 0 Å². The van der Waals surface area contributed by atoms with Gasteiger partial charge in [0.15, 0.2) is 0 Å². The third-order valence-corrected chi connectivity index (χ3v) is 5.61. The Morgan fingerprint density at radius 1 is 1.21 bits per heavy atom. The molecule has 2 N–H and O–H groups in total. The molecule has 0 radical (unpaired) electrons. The van der Waals surface area contributed by atoms with Crippen LogP contribution in [0.5, 0.6) is 0 Å². The molecule has 0 saturated heterocycles. The zero-order valence-electron chi connectivity index (χ0n) is 15.5. The van der Waals surface area contributed by atoms with Crippen LogP contribution >= 0.6 is 11.3 Å². The van der Waals surface area contributed by atoms with Crippen molar-refractivity contribution in [3.63, 3.8) is 0 Å². The van der Waals surface area contributed by atoms with Gasteiger partial charge in [0.25, 0.3) is 5.91 Å². The van der Waals surface area contributed by atoms with Crippen LogP contribution in [-0.2, 0) is 22.4 Å². The second-order valence-electron chi connectivity index (χ2n) is 6.38. The monoisotopic (exact) mass is 404 g/mol. The van der Waals surface area contributed by atoms with Gasteiger partial charge in [-0.3, -0.25) is 9.59 Å². The lowest BCUT2D eigenvalue weighted by atomic mass is 9.95. The molecule has 28 heavy (non-hydrogen) atoms. The van der Waals surface area contributed by atoms with Crippen molar-refractivity contribution < 1.29 is 23.5 Å². The van der Waals surface area contributed by atoms with Crippen molar-refractivity contribution in [1.82, 2.24) is 5.32 Å². The van der Waals surface area contributed by atoms with E-state index in [1.807, 2.05) is 0 Å². The number of ether oxygens (including phenoxy) is 1. The number of carbonyl (C=O) groups is 3. The molecule has 0 spiro atoms.